The molecule has 70 valence electrons. The number of rotatable bonds is 2. The average molecular weight is 298 g/mol. The highest BCUT2D eigenvalue weighted by atomic mass is 127. The molecular weight excluding hydrogens is 291 g/mol. The minimum atomic E-state index is 0.587. The van der Waals surface area contributed by atoms with Crippen molar-refractivity contribution in [2.75, 3.05) is 0 Å². The molecule has 1 heterocycles. The predicted octanol–water partition coefficient (Wildman–Crippen LogP) is 2.29. The molecule has 0 fully saturated rings. The van der Waals surface area contributed by atoms with Crippen LogP contribution in [0.5, 0.6) is 0 Å². The molecule has 0 aliphatic rings. The van der Waals surface area contributed by atoms with Crippen molar-refractivity contribution in [1.29, 1.82) is 0 Å². The van der Waals surface area contributed by atoms with Crippen LogP contribution in [0.2, 0.25) is 0 Å². The van der Waals surface area contributed by atoms with Crippen molar-refractivity contribution >= 4 is 28.9 Å². The smallest absolute Gasteiger partial charge is 0.153 e. The summed E-state index contributed by atoms with van der Waals surface area (Å²) in [7, 11) is 0. The molecule has 1 aromatic carbocycles. The van der Waals surface area contributed by atoms with Crippen molar-refractivity contribution in [3.05, 3.63) is 45.8 Å². The van der Waals surface area contributed by atoms with Gasteiger partial charge in [0.25, 0.3) is 0 Å². The number of halogens is 1. The van der Waals surface area contributed by atoms with E-state index < -0.39 is 0 Å². The van der Waals surface area contributed by atoms with Gasteiger partial charge >= 0.3 is 0 Å². The molecule has 0 aliphatic heterocycles. The van der Waals surface area contributed by atoms with Crippen LogP contribution in [0.15, 0.2) is 36.7 Å². The summed E-state index contributed by atoms with van der Waals surface area (Å²) in [6.45, 7) is 0. The molecule has 0 amide bonds. The van der Waals surface area contributed by atoms with Crippen molar-refractivity contribution in [3.63, 3.8) is 0 Å². The van der Waals surface area contributed by atoms with Gasteiger partial charge in [0.2, 0.25) is 0 Å². The molecule has 4 heteroatoms. The first kappa shape index (κ1) is 9.39. The molecule has 3 nitrogen and oxygen atoms in total. The monoisotopic (exact) mass is 298 g/mol. The highest BCUT2D eigenvalue weighted by Crippen LogP contribution is 2.11. The molecule has 0 aliphatic carbocycles. The zero-order valence-electron chi connectivity index (χ0n) is 7.22. The second-order valence-corrected chi connectivity index (χ2v) is 4.06. The number of carbonyl (C=O) groups is 1. The van der Waals surface area contributed by atoms with E-state index >= 15 is 0 Å². The first-order chi connectivity index (χ1) is 6.79. The lowest BCUT2D eigenvalue weighted by Gasteiger charge is -2.00. The number of aromatic nitrogens is 2. The van der Waals surface area contributed by atoms with Gasteiger partial charge < -0.3 is 0 Å². The molecule has 0 saturated carbocycles. The molecule has 0 spiro atoms. The summed E-state index contributed by atoms with van der Waals surface area (Å²) in [6.07, 6.45) is 4.04. The van der Waals surface area contributed by atoms with E-state index in [2.05, 4.69) is 27.7 Å². The number of hydrogen-bond donors (Lipinski definition) is 0. The molecule has 2 rings (SSSR count). The van der Waals surface area contributed by atoms with Gasteiger partial charge in [-0.1, -0.05) is 6.07 Å². The molecule has 0 bridgehead atoms. The lowest BCUT2D eigenvalue weighted by atomic mass is 10.3. The van der Waals surface area contributed by atoms with E-state index in [9.17, 15) is 4.79 Å². The second kappa shape index (κ2) is 3.91. The van der Waals surface area contributed by atoms with Crippen LogP contribution in [-0.4, -0.2) is 16.1 Å². The maximum absolute atomic E-state index is 10.5. The van der Waals surface area contributed by atoms with Gasteiger partial charge in [-0.3, -0.25) is 4.79 Å². The Morgan fingerprint density at radius 2 is 2.29 bits per heavy atom. The second-order valence-electron chi connectivity index (χ2n) is 2.82. The number of carbonyl (C=O) groups excluding carboxylic acids is 1. The molecule has 0 N–H and O–H groups in total. The molecular formula is C10H7IN2O. The Hall–Kier alpha value is -1.17. The molecule has 1 aromatic heterocycles. The van der Waals surface area contributed by atoms with Crippen molar-refractivity contribution in [3.8, 4) is 5.69 Å². The summed E-state index contributed by atoms with van der Waals surface area (Å²) in [5.74, 6) is 0. The highest BCUT2D eigenvalue weighted by Gasteiger charge is 1.99. The average Bonchev–Trinajstić information content (AvgIpc) is 2.66. The van der Waals surface area contributed by atoms with Crippen LogP contribution in [0.3, 0.4) is 0 Å². The van der Waals surface area contributed by atoms with Gasteiger partial charge in [-0.25, -0.2) is 4.68 Å². The van der Waals surface area contributed by atoms with Gasteiger partial charge in [0, 0.05) is 9.77 Å². The lowest BCUT2D eigenvalue weighted by Crippen LogP contribution is -1.93. The van der Waals surface area contributed by atoms with E-state index in [1.54, 1.807) is 17.1 Å². The number of benzene rings is 1. The summed E-state index contributed by atoms with van der Waals surface area (Å²) in [5.41, 5.74) is 1.55. The van der Waals surface area contributed by atoms with E-state index in [0.717, 1.165) is 15.5 Å². The van der Waals surface area contributed by atoms with E-state index in [0.29, 0.717) is 5.56 Å². The van der Waals surface area contributed by atoms with Crippen molar-refractivity contribution in [1.82, 2.24) is 9.78 Å². The fourth-order valence-electron chi connectivity index (χ4n) is 1.16. The van der Waals surface area contributed by atoms with Gasteiger partial charge in [0.05, 0.1) is 17.4 Å². The maximum atomic E-state index is 10.5. The van der Waals surface area contributed by atoms with E-state index in [1.807, 2.05) is 24.3 Å². The summed E-state index contributed by atoms with van der Waals surface area (Å²) in [5, 5.41) is 4.08. The van der Waals surface area contributed by atoms with Gasteiger partial charge in [0.15, 0.2) is 6.29 Å². The summed E-state index contributed by atoms with van der Waals surface area (Å²) < 4.78 is 2.83. The van der Waals surface area contributed by atoms with Gasteiger partial charge in [-0.15, -0.1) is 0 Å². The van der Waals surface area contributed by atoms with Crippen LogP contribution < -0.4 is 0 Å². The summed E-state index contributed by atoms with van der Waals surface area (Å²) >= 11 is 2.24. The van der Waals surface area contributed by atoms with Crippen LogP contribution in [0, 0.1) is 3.57 Å². The zero-order chi connectivity index (χ0) is 9.97. The quantitative estimate of drug-likeness (QED) is 0.630. The predicted molar refractivity (Wildman–Crippen MR) is 61.7 cm³/mol. The largest absolute Gasteiger partial charge is 0.298 e. The van der Waals surface area contributed by atoms with Gasteiger partial charge in [0.1, 0.15) is 0 Å². The normalized spacial score (nSPS) is 10.1. The Balaban J connectivity index is 2.43. The van der Waals surface area contributed by atoms with Crippen molar-refractivity contribution in [2.24, 2.45) is 0 Å². The Bertz CT molecular complexity index is 465. The van der Waals surface area contributed by atoms with E-state index in [4.69, 9.17) is 0 Å². The van der Waals surface area contributed by atoms with E-state index in [1.165, 1.54) is 0 Å². The lowest BCUT2D eigenvalue weighted by molar-refractivity contribution is 0.112. The van der Waals surface area contributed by atoms with Gasteiger partial charge in [-0.2, -0.15) is 5.10 Å². The SMILES string of the molecule is O=Cc1cnn(-c2cccc(I)c2)c1. The Morgan fingerprint density at radius 3 is 2.93 bits per heavy atom. The standard InChI is InChI=1S/C10H7IN2O/c11-9-2-1-3-10(4-9)13-6-8(7-14)5-12-13/h1-7H. The van der Waals surface area contributed by atoms with Crippen LogP contribution in [0.25, 0.3) is 5.69 Å². The Morgan fingerprint density at radius 1 is 1.43 bits per heavy atom. The third-order valence-electron chi connectivity index (χ3n) is 1.81. The number of nitrogens with zero attached hydrogens (tertiary/aromatic N) is 2. The molecule has 14 heavy (non-hydrogen) atoms. The minimum Gasteiger partial charge on any atom is -0.298 e. The third kappa shape index (κ3) is 1.84. The molecule has 2 aromatic rings. The number of hydrogen-bond acceptors (Lipinski definition) is 2. The van der Waals surface area contributed by atoms with Crippen LogP contribution in [-0.2, 0) is 0 Å². The Labute approximate surface area is 94.9 Å². The topological polar surface area (TPSA) is 34.9 Å². The number of aldehydes is 1. The minimum absolute atomic E-state index is 0.587. The fourth-order valence-corrected chi connectivity index (χ4v) is 1.68. The van der Waals surface area contributed by atoms with Crippen LogP contribution >= 0.6 is 22.6 Å². The summed E-state index contributed by atoms with van der Waals surface area (Å²) in [4.78, 5) is 10.5. The fraction of sp³-hybridized carbons (Fsp3) is 0. The first-order valence-electron chi connectivity index (χ1n) is 4.05. The van der Waals surface area contributed by atoms with Gasteiger partial charge in [-0.05, 0) is 40.8 Å². The maximum Gasteiger partial charge on any atom is 0.153 e. The molecule has 0 unspecified atom stereocenters. The zero-order valence-corrected chi connectivity index (χ0v) is 9.38. The highest BCUT2D eigenvalue weighted by molar-refractivity contribution is 14.1. The van der Waals surface area contributed by atoms with Crippen molar-refractivity contribution in [2.45, 2.75) is 0 Å². The Kier molecular flexibility index (Phi) is 2.62. The van der Waals surface area contributed by atoms with E-state index in [-0.39, 0.29) is 0 Å². The molecule has 0 atom stereocenters. The summed E-state index contributed by atoms with van der Waals surface area (Å²) in [6, 6.07) is 7.92. The molecule has 0 saturated heterocycles. The van der Waals surface area contributed by atoms with Crippen LogP contribution in [0.1, 0.15) is 10.4 Å². The van der Waals surface area contributed by atoms with Crippen molar-refractivity contribution < 1.29 is 4.79 Å². The van der Waals surface area contributed by atoms with Crippen LogP contribution in [0.4, 0.5) is 0 Å². The first-order valence-corrected chi connectivity index (χ1v) is 5.13. The third-order valence-corrected chi connectivity index (χ3v) is 2.48. The molecule has 0 radical (unpaired) electrons.